The zero-order chi connectivity index (χ0) is 15.4. The fourth-order valence-electron chi connectivity index (χ4n) is 1.49. The number of thioether (sulfide) groups is 1. The summed E-state index contributed by atoms with van der Waals surface area (Å²) >= 11 is 6.63. The van der Waals surface area contributed by atoms with Gasteiger partial charge in [-0.3, -0.25) is 4.79 Å². The molecule has 0 radical (unpaired) electrons. The number of benzene rings is 1. The van der Waals surface area contributed by atoms with Gasteiger partial charge in [0.2, 0.25) is 5.91 Å². The van der Waals surface area contributed by atoms with Crippen molar-refractivity contribution in [2.24, 2.45) is 0 Å². The van der Waals surface area contributed by atoms with E-state index in [1.807, 2.05) is 0 Å². The van der Waals surface area contributed by atoms with Gasteiger partial charge in [0.1, 0.15) is 17.5 Å². The summed E-state index contributed by atoms with van der Waals surface area (Å²) in [7, 11) is 0. The Balaban J connectivity index is 2.02. The summed E-state index contributed by atoms with van der Waals surface area (Å²) in [6.45, 7) is 1.60. The van der Waals surface area contributed by atoms with Gasteiger partial charge in [0.15, 0.2) is 0 Å². The van der Waals surface area contributed by atoms with Crippen molar-refractivity contribution in [3.63, 3.8) is 0 Å². The zero-order valence-electron chi connectivity index (χ0n) is 10.9. The standard InChI is InChI=1S/C14H11ClF2N2OS/c1-8(21-12-6-10(16)3-4-11(12)17)14(20)19-13-5-2-9(15)7-18-13/h2-8H,1H3,(H,18,19,20)/t8-/m1/s1. The van der Waals surface area contributed by atoms with Crippen molar-refractivity contribution >= 4 is 35.1 Å². The van der Waals surface area contributed by atoms with Crippen LogP contribution in [-0.4, -0.2) is 16.1 Å². The number of carbonyl (C=O) groups excluding carboxylic acids is 1. The van der Waals surface area contributed by atoms with Crippen LogP contribution in [0.4, 0.5) is 14.6 Å². The maximum atomic E-state index is 13.5. The topological polar surface area (TPSA) is 42.0 Å². The number of pyridine rings is 1. The molecular formula is C14H11ClF2N2OS. The molecule has 0 saturated heterocycles. The van der Waals surface area contributed by atoms with Crippen LogP contribution in [0.25, 0.3) is 0 Å². The van der Waals surface area contributed by atoms with Crippen molar-refractivity contribution < 1.29 is 13.6 Å². The minimum atomic E-state index is -0.612. The monoisotopic (exact) mass is 328 g/mol. The van der Waals surface area contributed by atoms with E-state index < -0.39 is 16.9 Å². The van der Waals surface area contributed by atoms with Crippen molar-refractivity contribution in [1.82, 2.24) is 4.98 Å². The maximum Gasteiger partial charge on any atom is 0.238 e. The summed E-state index contributed by atoms with van der Waals surface area (Å²) < 4.78 is 26.6. The van der Waals surface area contributed by atoms with Gasteiger partial charge in [0.05, 0.1) is 10.3 Å². The Morgan fingerprint density at radius 1 is 1.33 bits per heavy atom. The number of aromatic nitrogens is 1. The van der Waals surface area contributed by atoms with Crippen LogP contribution in [0.3, 0.4) is 0 Å². The van der Waals surface area contributed by atoms with Crippen molar-refractivity contribution in [3.05, 3.63) is 53.2 Å². The molecule has 110 valence electrons. The summed E-state index contributed by atoms with van der Waals surface area (Å²) in [5.41, 5.74) is 0. The van der Waals surface area contributed by atoms with E-state index >= 15 is 0 Å². The molecule has 21 heavy (non-hydrogen) atoms. The molecule has 0 bridgehead atoms. The van der Waals surface area contributed by atoms with Crippen molar-refractivity contribution in [3.8, 4) is 0 Å². The Morgan fingerprint density at radius 3 is 2.76 bits per heavy atom. The normalized spacial score (nSPS) is 12.0. The van der Waals surface area contributed by atoms with E-state index in [0.717, 1.165) is 30.0 Å². The number of hydrogen-bond acceptors (Lipinski definition) is 3. The lowest BCUT2D eigenvalue weighted by molar-refractivity contribution is -0.115. The number of nitrogens with zero attached hydrogens (tertiary/aromatic N) is 1. The molecule has 2 rings (SSSR count). The highest BCUT2D eigenvalue weighted by atomic mass is 35.5. The van der Waals surface area contributed by atoms with E-state index in [2.05, 4.69) is 10.3 Å². The van der Waals surface area contributed by atoms with Crippen LogP contribution in [0.5, 0.6) is 0 Å². The third-order valence-electron chi connectivity index (χ3n) is 2.54. The maximum absolute atomic E-state index is 13.5. The van der Waals surface area contributed by atoms with Crippen LogP contribution in [-0.2, 0) is 4.79 Å². The lowest BCUT2D eigenvalue weighted by atomic mass is 10.3. The van der Waals surface area contributed by atoms with E-state index in [-0.39, 0.29) is 10.8 Å². The minimum absolute atomic E-state index is 0.0849. The molecule has 0 unspecified atom stereocenters. The average molecular weight is 329 g/mol. The number of nitrogens with one attached hydrogen (secondary N) is 1. The fraction of sp³-hybridized carbons (Fsp3) is 0.143. The number of anilines is 1. The molecule has 1 amide bonds. The lowest BCUT2D eigenvalue weighted by Crippen LogP contribution is -2.23. The summed E-state index contributed by atoms with van der Waals surface area (Å²) in [5, 5.41) is 2.42. The van der Waals surface area contributed by atoms with E-state index in [9.17, 15) is 13.6 Å². The van der Waals surface area contributed by atoms with Gasteiger partial charge in [0.25, 0.3) is 0 Å². The quantitative estimate of drug-likeness (QED) is 0.858. The minimum Gasteiger partial charge on any atom is -0.310 e. The first kappa shape index (κ1) is 15.7. The summed E-state index contributed by atoms with van der Waals surface area (Å²) in [5.74, 6) is -1.13. The van der Waals surface area contributed by atoms with Gasteiger partial charge in [-0.15, -0.1) is 11.8 Å². The van der Waals surface area contributed by atoms with Gasteiger partial charge in [-0.05, 0) is 37.3 Å². The second-order valence-corrected chi connectivity index (χ2v) is 6.00. The summed E-state index contributed by atoms with van der Waals surface area (Å²) in [6, 6.07) is 6.27. The molecule has 0 aliphatic carbocycles. The van der Waals surface area contributed by atoms with Crippen LogP contribution >= 0.6 is 23.4 Å². The smallest absolute Gasteiger partial charge is 0.238 e. The lowest BCUT2D eigenvalue weighted by Gasteiger charge is -2.12. The second-order valence-electron chi connectivity index (χ2n) is 4.19. The van der Waals surface area contributed by atoms with E-state index in [4.69, 9.17) is 11.6 Å². The number of rotatable bonds is 4. The highest BCUT2D eigenvalue weighted by molar-refractivity contribution is 8.00. The summed E-state index contributed by atoms with van der Waals surface area (Å²) in [4.78, 5) is 16.0. The molecule has 1 N–H and O–H groups in total. The highest BCUT2D eigenvalue weighted by Crippen LogP contribution is 2.27. The van der Waals surface area contributed by atoms with Crippen molar-refractivity contribution in [1.29, 1.82) is 0 Å². The fourth-order valence-corrected chi connectivity index (χ4v) is 2.51. The molecule has 7 heteroatoms. The molecule has 1 aromatic heterocycles. The Labute approximate surface area is 129 Å². The first-order valence-electron chi connectivity index (χ1n) is 6.00. The molecule has 1 atom stereocenters. The average Bonchev–Trinajstić information content (AvgIpc) is 2.45. The number of carbonyl (C=O) groups is 1. The Morgan fingerprint density at radius 2 is 2.10 bits per heavy atom. The van der Waals surface area contributed by atoms with E-state index in [0.29, 0.717) is 10.8 Å². The number of hydrogen-bond donors (Lipinski definition) is 1. The molecule has 1 aromatic carbocycles. The molecule has 0 saturated carbocycles. The summed E-state index contributed by atoms with van der Waals surface area (Å²) in [6.07, 6.45) is 1.40. The van der Waals surface area contributed by atoms with Crippen LogP contribution in [0.2, 0.25) is 5.02 Å². The van der Waals surface area contributed by atoms with Gasteiger partial charge in [-0.25, -0.2) is 13.8 Å². The Kier molecular flexibility index (Phi) is 5.14. The number of halogens is 3. The van der Waals surface area contributed by atoms with Gasteiger partial charge in [-0.2, -0.15) is 0 Å². The molecule has 0 aliphatic heterocycles. The predicted molar refractivity (Wildman–Crippen MR) is 79.6 cm³/mol. The zero-order valence-corrected chi connectivity index (χ0v) is 12.5. The van der Waals surface area contributed by atoms with Gasteiger partial charge < -0.3 is 5.32 Å². The molecule has 0 fully saturated rings. The first-order chi connectivity index (χ1) is 9.95. The molecule has 0 spiro atoms. The molecule has 3 nitrogen and oxygen atoms in total. The third-order valence-corrected chi connectivity index (χ3v) is 3.90. The molecule has 2 aromatic rings. The van der Waals surface area contributed by atoms with Gasteiger partial charge >= 0.3 is 0 Å². The first-order valence-corrected chi connectivity index (χ1v) is 7.25. The Bertz CT molecular complexity index is 652. The number of amides is 1. The van der Waals surface area contributed by atoms with E-state index in [1.54, 1.807) is 19.1 Å². The van der Waals surface area contributed by atoms with Crippen LogP contribution in [0.15, 0.2) is 41.4 Å². The molecule has 1 heterocycles. The largest absolute Gasteiger partial charge is 0.310 e. The van der Waals surface area contributed by atoms with Crippen molar-refractivity contribution in [2.75, 3.05) is 5.32 Å². The predicted octanol–water partition coefficient (Wildman–Crippen LogP) is 4.13. The van der Waals surface area contributed by atoms with Crippen LogP contribution in [0.1, 0.15) is 6.92 Å². The molecule has 0 aliphatic rings. The Hall–Kier alpha value is -1.66. The van der Waals surface area contributed by atoms with Crippen LogP contribution in [0, 0.1) is 11.6 Å². The van der Waals surface area contributed by atoms with Gasteiger partial charge in [0, 0.05) is 11.1 Å². The van der Waals surface area contributed by atoms with Gasteiger partial charge in [-0.1, -0.05) is 11.6 Å². The SMILES string of the molecule is C[C@@H](Sc1cc(F)ccc1F)C(=O)Nc1ccc(Cl)cn1. The molecular weight excluding hydrogens is 318 g/mol. The highest BCUT2D eigenvalue weighted by Gasteiger charge is 2.17. The third kappa shape index (κ3) is 4.41. The van der Waals surface area contributed by atoms with Crippen LogP contribution < -0.4 is 5.32 Å². The second kappa shape index (κ2) is 6.87. The van der Waals surface area contributed by atoms with Crippen molar-refractivity contribution in [2.45, 2.75) is 17.1 Å². The van der Waals surface area contributed by atoms with E-state index in [1.165, 1.54) is 6.20 Å².